The summed E-state index contributed by atoms with van der Waals surface area (Å²) in [6.45, 7) is -0.259. The predicted octanol–water partition coefficient (Wildman–Crippen LogP) is -2.77. The molecule has 1 aliphatic heterocycles. The van der Waals surface area contributed by atoms with Crippen molar-refractivity contribution in [2.45, 2.75) is 24.4 Å². The van der Waals surface area contributed by atoms with E-state index in [0.29, 0.717) is 0 Å². The summed E-state index contributed by atoms with van der Waals surface area (Å²) in [5.41, 5.74) is -1.72. The number of aliphatic hydroxyl groups excluding tert-OH is 3. The standard InChI is InChI=1S/C10H14N2O7/c1-18-9-4(8(16)11-10(17)12-9)7-6(15)5(14)3(13)2-19-7/h3,5-7,13-15H,2H2,1H3,(H2,11,12,16,17)/t3-,5+,6-,7?/m1/s1. The van der Waals surface area contributed by atoms with Gasteiger partial charge < -0.3 is 24.8 Å². The van der Waals surface area contributed by atoms with E-state index in [1.54, 1.807) is 0 Å². The van der Waals surface area contributed by atoms with Crippen molar-refractivity contribution in [1.29, 1.82) is 0 Å². The molecular weight excluding hydrogens is 260 g/mol. The minimum absolute atomic E-state index is 0.152. The Morgan fingerprint density at radius 3 is 2.53 bits per heavy atom. The lowest BCUT2D eigenvalue weighted by atomic mass is 9.96. The quantitative estimate of drug-likeness (QED) is 0.392. The zero-order valence-electron chi connectivity index (χ0n) is 9.99. The Kier molecular flexibility index (Phi) is 3.71. The highest BCUT2D eigenvalue weighted by atomic mass is 16.5. The van der Waals surface area contributed by atoms with Crippen LogP contribution >= 0.6 is 0 Å². The number of nitrogens with one attached hydrogen (secondary N) is 2. The van der Waals surface area contributed by atoms with Gasteiger partial charge in [0, 0.05) is 0 Å². The predicted molar refractivity (Wildman–Crippen MR) is 60.9 cm³/mol. The van der Waals surface area contributed by atoms with Gasteiger partial charge in [0.1, 0.15) is 30.0 Å². The monoisotopic (exact) mass is 274 g/mol. The summed E-state index contributed by atoms with van der Waals surface area (Å²) in [6.07, 6.45) is -5.45. The highest BCUT2D eigenvalue weighted by molar-refractivity contribution is 5.27. The van der Waals surface area contributed by atoms with Crippen molar-refractivity contribution in [1.82, 2.24) is 9.97 Å². The Labute approximate surface area is 106 Å². The van der Waals surface area contributed by atoms with Gasteiger partial charge in [-0.2, -0.15) is 0 Å². The Morgan fingerprint density at radius 2 is 1.89 bits per heavy atom. The van der Waals surface area contributed by atoms with E-state index in [4.69, 9.17) is 9.47 Å². The van der Waals surface area contributed by atoms with Gasteiger partial charge >= 0.3 is 5.69 Å². The molecule has 0 saturated carbocycles. The average Bonchev–Trinajstić information content (AvgIpc) is 2.37. The van der Waals surface area contributed by atoms with Crippen LogP contribution in [0.3, 0.4) is 0 Å². The normalized spacial score (nSPS) is 31.2. The second kappa shape index (κ2) is 5.13. The van der Waals surface area contributed by atoms with Crippen molar-refractivity contribution in [3.8, 4) is 5.88 Å². The van der Waals surface area contributed by atoms with E-state index in [2.05, 4.69) is 4.98 Å². The first kappa shape index (κ1) is 13.7. The van der Waals surface area contributed by atoms with Crippen molar-refractivity contribution in [3.05, 3.63) is 26.4 Å². The van der Waals surface area contributed by atoms with E-state index in [9.17, 15) is 24.9 Å². The Hall–Kier alpha value is -1.68. The fraction of sp³-hybridized carbons (Fsp3) is 0.600. The fourth-order valence-corrected chi connectivity index (χ4v) is 1.95. The lowest BCUT2D eigenvalue weighted by Gasteiger charge is -2.35. The van der Waals surface area contributed by atoms with Crippen LogP contribution in [-0.4, -0.2) is 57.3 Å². The zero-order chi connectivity index (χ0) is 14.2. The summed E-state index contributed by atoms with van der Waals surface area (Å²) in [4.78, 5) is 27.1. The van der Waals surface area contributed by atoms with Gasteiger partial charge in [-0.3, -0.25) is 14.8 Å². The van der Waals surface area contributed by atoms with Crippen molar-refractivity contribution >= 4 is 0 Å². The number of ether oxygens (including phenoxy) is 2. The molecule has 9 heteroatoms. The van der Waals surface area contributed by atoms with Gasteiger partial charge in [0.25, 0.3) is 5.56 Å². The molecule has 2 heterocycles. The van der Waals surface area contributed by atoms with Crippen LogP contribution in [-0.2, 0) is 4.74 Å². The van der Waals surface area contributed by atoms with Gasteiger partial charge in [-0.15, -0.1) is 0 Å². The van der Waals surface area contributed by atoms with Gasteiger partial charge in [0.2, 0.25) is 5.88 Å². The molecule has 2 rings (SSSR count). The van der Waals surface area contributed by atoms with Crippen LogP contribution in [0.15, 0.2) is 9.59 Å². The zero-order valence-corrected chi connectivity index (χ0v) is 9.99. The highest BCUT2D eigenvalue weighted by Crippen LogP contribution is 2.30. The molecule has 0 aliphatic carbocycles. The molecule has 0 amide bonds. The molecule has 0 bridgehead atoms. The SMILES string of the molecule is COc1[nH]c(=O)[nH]c(=O)c1C1OC[C@@H](O)[C@H](O)[C@H]1O. The Bertz CT molecular complexity index is 566. The van der Waals surface area contributed by atoms with E-state index in [0.717, 1.165) is 0 Å². The van der Waals surface area contributed by atoms with Crippen LogP contribution in [0.25, 0.3) is 0 Å². The summed E-state index contributed by atoms with van der Waals surface area (Å²) < 4.78 is 10.00. The maximum atomic E-state index is 11.8. The lowest BCUT2D eigenvalue weighted by Crippen LogP contribution is -2.50. The average molecular weight is 274 g/mol. The summed E-state index contributed by atoms with van der Waals surface area (Å²) in [6, 6.07) is 0. The molecule has 1 aromatic heterocycles. The first-order valence-corrected chi connectivity index (χ1v) is 5.52. The molecule has 0 aromatic carbocycles. The topological polar surface area (TPSA) is 145 Å². The van der Waals surface area contributed by atoms with E-state index in [1.807, 2.05) is 4.98 Å². The highest BCUT2D eigenvalue weighted by Gasteiger charge is 2.41. The molecule has 1 aromatic rings. The van der Waals surface area contributed by atoms with E-state index >= 15 is 0 Å². The molecule has 0 spiro atoms. The van der Waals surface area contributed by atoms with Crippen LogP contribution in [0.4, 0.5) is 0 Å². The molecule has 1 saturated heterocycles. The number of hydrogen-bond acceptors (Lipinski definition) is 7. The van der Waals surface area contributed by atoms with Gasteiger partial charge in [0.05, 0.1) is 13.7 Å². The maximum absolute atomic E-state index is 11.8. The molecule has 19 heavy (non-hydrogen) atoms. The van der Waals surface area contributed by atoms with Crippen LogP contribution < -0.4 is 16.0 Å². The van der Waals surface area contributed by atoms with Crippen LogP contribution in [0.1, 0.15) is 11.7 Å². The van der Waals surface area contributed by atoms with E-state index < -0.39 is 35.7 Å². The molecular formula is C10H14N2O7. The summed E-state index contributed by atoms with van der Waals surface area (Å²) >= 11 is 0. The summed E-state index contributed by atoms with van der Waals surface area (Å²) in [5.74, 6) is -0.165. The molecule has 4 atom stereocenters. The summed E-state index contributed by atoms with van der Waals surface area (Å²) in [7, 11) is 1.23. The smallest absolute Gasteiger partial charge is 0.328 e. The first-order valence-electron chi connectivity index (χ1n) is 5.52. The van der Waals surface area contributed by atoms with Crippen molar-refractivity contribution in [2.24, 2.45) is 0 Å². The van der Waals surface area contributed by atoms with E-state index in [1.165, 1.54) is 7.11 Å². The summed E-state index contributed by atoms with van der Waals surface area (Å²) in [5, 5.41) is 28.8. The third-order valence-electron chi connectivity index (χ3n) is 2.93. The Morgan fingerprint density at radius 1 is 1.21 bits per heavy atom. The number of aromatic amines is 2. The number of aromatic nitrogens is 2. The van der Waals surface area contributed by atoms with Crippen molar-refractivity contribution in [3.63, 3.8) is 0 Å². The molecule has 1 unspecified atom stereocenters. The largest absolute Gasteiger partial charge is 0.482 e. The van der Waals surface area contributed by atoms with Crippen LogP contribution in [0.2, 0.25) is 0 Å². The molecule has 1 fully saturated rings. The number of hydrogen-bond donors (Lipinski definition) is 5. The van der Waals surface area contributed by atoms with Gasteiger partial charge in [-0.05, 0) is 0 Å². The minimum atomic E-state index is -1.52. The van der Waals surface area contributed by atoms with Gasteiger partial charge in [0.15, 0.2) is 0 Å². The molecule has 0 radical (unpaired) electrons. The second-order valence-corrected chi connectivity index (χ2v) is 4.16. The van der Waals surface area contributed by atoms with Gasteiger partial charge in [-0.25, -0.2) is 4.79 Å². The molecule has 1 aliphatic rings. The van der Waals surface area contributed by atoms with Gasteiger partial charge in [-0.1, -0.05) is 0 Å². The van der Waals surface area contributed by atoms with Crippen molar-refractivity contribution in [2.75, 3.05) is 13.7 Å². The second-order valence-electron chi connectivity index (χ2n) is 4.16. The van der Waals surface area contributed by atoms with Crippen LogP contribution in [0, 0.1) is 0 Å². The lowest BCUT2D eigenvalue weighted by molar-refractivity contribution is -0.189. The molecule has 106 valence electrons. The number of H-pyrrole nitrogens is 2. The van der Waals surface area contributed by atoms with Crippen molar-refractivity contribution < 1.29 is 24.8 Å². The Balaban J connectivity index is 2.47. The third kappa shape index (κ3) is 2.40. The molecule has 9 nitrogen and oxygen atoms in total. The fourth-order valence-electron chi connectivity index (χ4n) is 1.95. The first-order chi connectivity index (χ1) is 8.95. The number of methoxy groups -OCH3 is 1. The van der Waals surface area contributed by atoms with E-state index in [-0.39, 0.29) is 18.1 Å². The third-order valence-corrected chi connectivity index (χ3v) is 2.93. The minimum Gasteiger partial charge on any atom is -0.482 e. The van der Waals surface area contributed by atoms with Crippen LogP contribution in [0.5, 0.6) is 5.88 Å². The maximum Gasteiger partial charge on any atom is 0.328 e. The molecule has 5 N–H and O–H groups in total. The number of rotatable bonds is 2. The number of aliphatic hydroxyl groups is 3.